The van der Waals surface area contributed by atoms with Gasteiger partial charge in [0, 0.05) is 24.4 Å². The quantitative estimate of drug-likeness (QED) is 0.234. The van der Waals surface area contributed by atoms with Crippen LogP contribution >= 0.6 is 11.8 Å². The van der Waals surface area contributed by atoms with Gasteiger partial charge >= 0.3 is 0 Å². The summed E-state index contributed by atoms with van der Waals surface area (Å²) in [5.41, 5.74) is 0.812. The third-order valence-corrected chi connectivity index (χ3v) is 4.49. The summed E-state index contributed by atoms with van der Waals surface area (Å²) in [6, 6.07) is 5.47. The van der Waals surface area contributed by atoms with E-state index in [1.807, 2.05) is 0 Å². The summed E-state index contributed by atoms with van der Waals surface area (Å²) in [4.78, 5) is 38.3. The number of nitro benzene ring substituents is 1. The molecule has 11 heteroatoms. The third-order valence-electron chi connectivity index (χ3n) is 3.50. The highest BCUT2D eigenvalue weighted by Crippen LogP contribution is 2.20. The Morgan fingerprint density at radius 2 is 2.04 bits per heavy atom. The number of carbonyl (C=O) groups is 2. The maximum Gasteiger partial charge on any atom is 0.269 e. The molecule has 0 fully saturated rings. The minimum Gasteiger partial charge on any atom is -0.390 e. The Bertz CT molecular complexity index is 865. The van der Waals surface area contributed by atoms with E-state index in [2.05, 4.69) is 22.2 Å². The fourth-order valence-corrected chi connectivity index (χ4v) is 2.98. The zero-order valence-electron chi connectivity index (χ0n) is 14.8. The van der Waals surface area contributed by atoms with Crippen LogP contribution in [0.15, 0.2) is 48.3 Å². The molecule has 10 nitrogen and oxygen atoms in total. The monoisotopic (exact) mass is 405 g/mol. The molecule has 1 heterocycles. The average Bonchev–Trinajstić information content (AvgIpc) is 3.06. The van der Waals surface area contributed by atoms with Crippen LogP contribution in [0.1, 0.15) is 5.69 Å². The van der Waals surface area contributed by atoms with E-state index < -0.39 is 4.92 Å². The second-order valence-corrected chi connectivity index (χ2v) is 6.45. The molecular weight excluding hydrogens is 386 g/mol. The number of nitro groups is 1. The van der Waals surface area contributed by atoms with Crippen molar-refractivity contribution in [2.75, 3.05) is 17.6 Å². The Kier molecular flexibility index (Phi) is 7.72. The van der Waals surface area contributed by atoms with Crippen LogP contribution in [0.4, 0.5) is 11.4 Å². The molecule has 0 radical (unpaired) electrons. The van der Waals surface area contributed by atoms with Gasteiger partial charge in [-0.05, 0) is 12.1 Å². The molecule has 0 saturated carbocycles. The van der Waals surface area contributed by atoms with Crippen LogP contribution < -0.4 is 10.6 Å². The number of hydrogen-bond donors (Lipinski definition) is 3. The van der Waals surface area contributed by atoms with Gasteiger partial charge in [0.15, 0.2) is 5.16 Å². The van der Waals surface area contributed by atoms with Crippen molar-refractivity contribution in [1.29, 1.82) is 0 Å². The second-order valence-electron chi connectivity index (χ2n) is 5.51. The molecule has 28 heavy (non-hydrogen) atoms. The molecular formula is C17H19N5O5S. The van der Waals surface area contributed by atoms with Crippen molar-refractivity contribution in [3.05, 3.63) is 58.9 Å². The zero-order valence-corrected chi connectivity index (χ0v) is 15.6. The average molecular weight is 405 g/mol. The lowest BCUT2D eigenvalue weighted by Gasteiger charge is -2.10. The van der Waals surface area contributed by atoms with E-state index in [0.717, 1.165) is 11.8 Å². The molecule has 0 spiro atoms. The molecule has 2 aromatic rings. The Labute approximate surface area is 164 Å². The standard InChI is InChI=1S/C17H19N5O5S/c1-2-7-18-15(24)9-21-14(10-23)8-19-17(21)28-11-16(25)20-12-3-5-13(6-4-12)22(26)27/h2-6,8,23H,1,7,9-11H2,(H,18,24)(H,20,25). The van der Waals surface area contributed by atoms with Crippen LogP contribution in [0.3, 0.4) is 0 Å². The topological polar surface area (TPSA) is 139 Å². The first-order valence-corrected chi connectivity index (χ1v) is 9.13. The maximum absolute atomic E-state index is 12.1. The van der Waals surface area contributed by atoms with E-state index in [-0.39, 0.29) is 36.4 Å². The first-order valence-electron chi connectivity index (χ1n) is 8.14. The first kappa shape index (κ1) is 21.1. The number of rotatable bonds is 10. The zero-order chi connectivity index (χ0) is 20.5. The second kappa shape index (κ2) is 10.2. The molecule has 2 amide bonds. The number of anilines is 1. The maximum atomic E-state index is 12.1. The summed E-state index contributed by atoms with van der Waals surface area (Å²) in [7, 11) is 0. The molecule has 0 bridgehead atoms. The van der Waals surface area contributed by atoms with Crippen LogP contribution in [0.25, 0.3) is 0 Å². The van der Waals surface area contributed by atoms with Crippen molar-refractivity contribution in [3.63, 3.8) is 0 Å². The van der Waals surface area contributed by atoms with Crippen molar-refractivity contribution in [1.82, 2.24) is 14.9 Å². The number of amides is 2. The van der Waals surface area contributed by atoms with Gasteiger partial charge in [0.1, 0.15) is 6.54 Å². The summed E-state index contributed by atoms with van der Waals surface area (Å²) in [6.07, 6.45) is 2.99. The molecule has 3 N–H and O–H groups in total. The van der Waals surface area contributed by atoms with E-state index >= 15 is 0 Å². The highest BCUT2D eigenvalue weighted by molar-refractivity contribution is 7.99. The Morgan fingerprint density at radius 1 is 1.32 bits per heavy atom. The highest BCUT2D eigenvalue weighted by atomic mass is 32.2. The lowest BCUT2D eigenvalue weighted by molar-refractivity contribution is -0.384. The van der Waals surface area contributed by atoms with Crippen LogP contribution in [0.5, 0.6) is 0 Å². The minimum atomic E-state index is -0.523. The summed E-state index contributed by atoms with van der Waals surface area (Å²) in [6.45, 7) is 3.50. The van der Waals surface area contributed by atoms with E-state index in [0.29, 0.717) is 23.1 Å². The number of aliphatic hydroxyl groups is 1. The molecule has 148 valence electrons. The normalized spacial score (nSPS) is 10.3. The molecule has 0 saturated heterocycles. The van der Waals surface area contributed by atoms with Gasteiger partial charge < -0.3 is 20.3 Å². The molecule has 1 aromatic carbocycles. The Balaban J connectivity index is 1.96. The fraction of sp³-hybridized carbons (Fsp3) is 0.235. The smallest absolute Gasteiger partial charge is 0.269 e. The summed E-state index contributed by atoms with van der Waals surface area (Å²) >= 11 is 1.10. The van der Waals surface area contributed by atoms with Gasteiger partial charge in [-0.25, -0.2) is 4.98 Å². The molecule has 0 aliphatic heterocycles. The predicted octanol–water partition coefficient (Wildman–Crippen LogP) is 1.32. The van der Waals surface area contributed by atoms with E-state index in [1.165, 1.54) is 35.0 Å². The first-order chi connectivity index (χ1) is 13.4. The molecule has 0 unspecified atom stereocenters. The largest absolute Gasteiger partial charge is 0.390 e. The number of carbonyl (C=O) groups excluding carboxylic acids is 2. The minimum absolute atomic E-state index is 0.00709. The number of thioether (sulfide) groups is 1. The highest BCUT2D eigenvalue weighted by Gasteiger charge is 2.15. The van der Waals surface area contributed by atoms with E-state index in [4.69, 9.17) is 0 Å². The van der Waals surface area contributed by atoms with Crippen LogP contribution in [0.2, 0.25) is 0 Å². The lowest BCUT2D eigenvalue weighted by Crippen LogP contribution is -2.28. The van der Waals surface area contributed by atoms with Gasteiger partial charge in [-0.1, -0.05) is 17.8 Å². The van der Waals surface area contributed by atoms with Crippen LogP contribution in [-0.2, 0) is 22.7 Å². The van der Waals surface area contributed by atoms with Gasteiger partial charge in [0.2, 0.25) is 11.8 Å². The van der Waals surface area contributed by atoms with Crippen LogP contribution in [0, 0.1) is 10.1 Å². The van der Waals surface area contributed by atoms with Crippen LogP contribution in [-0.4, -0.2) is 43.7 Å². The summed E-state index contributed by atoms with van der Waals surface area (Å²) < 4.78 is 1.53. The van der Waals surface area contributed by atoms with Crippen molar-refractivity contribution in [3.8, 4) is 0 Å². The molecule has 1 aromatic heterocycles. The number of aromatic nitrogens is 2. The van der Waals surface area contributed by atoms with Gasteiger partial charge in [0.05, 0.1) is 29.2 Å². The van der Waals surface area contributed by atoms with Crippen molar-refractivity contribution < 1.29 is 19.6 Å². The van der Waals surface area contributed by atoms with E-state index in [9.17, 15) is 24.8 Å². The number of non-ortho nitro benzene ring substituents is 1. The number of aliphatic hydroxyl groups excluding tert-OH is 1. The number of imidazole rings is 1. The number of benzene rings is 1. The summed E-state index contributed by atoms with van der Waals surface area (Å²) in [5.74, 6) is -0.604. The molecule has 0 atom stereocenters. The van der Waals surface area contributed by atoms with Gasteiger partial charge in [-0.3, -0.25) is 19.7 Å². The van der Waals surface area contributed by atoms with Gasteiger partial charge in [0.25, 0.3) is 5.69 Å². The fourth-order valence-electron chi connectivity index (χ4n) is 2.18. The van der Waals surface area contributed by atoms with Crippen molar-refractivity contribution in [2.24, 2.45) is 0 Å². The third kappa shape index (κ3) is 5.93. The number of hydrogen-bond acceptors (Lipinski definition) is 7. The van der Waals surface area contributed by atoms with E-state index in [1.54, 1.807) is 6.08 Å². The number of nitrogens with zero attached hydrogens (tertiary/aromatic N) is 3. The predicted molar refractivity (Wildman–Crippen MR) is 104 cm³/mol. The molecule has 0 aliphatic rings. The Hall–Kier alpha value is -3.18. The molecule has 0 aliphatic carbocycles. The molecule has 2 rings (SSSR count). The summed E-state index contributed by atoms with van der Waals surface area (Å²) in [5, 5.41) is 25.7. The Morgan fingerprint density at radius 3 is 2.64 bits per heavy atom. The SMILES string of the molecule is C=CCNC(=O)Cn1c(CO)cnc1SCC(=O)Nc1ccc([N+](=O)[O-])cc1. The van der Waals surface area contributed by atoms with Gasteiger partial charge in [-0.15, -0.1) is 6.58 Å². The lowest BCUT2D eigenvalue weighted by atomic mass is 10.3. The number of nitrogens with one attached hydrogen (secondary N) is 2. The van der Waals surface area contributed by atoms with Crippen molar-refractivity contribution >= 4 is 35.0 Å². The van der Waals surface area contributed by atoms with Gasteiger partial charge in [-0.2, -0.15) is 0 Å². The van der Waals surface area contributed by atoms with Crippen molar-refractivity contribution in [2.45, 2.75) is 18.3 Å².